The summed E-state index contributed by atoms with van der Waals surface area (Å²) in [5.74, 6) is -0.896. The second-order valence-electron chi connectivity index (χ2n) is 17.1. The van der Waals surface area contributed by atoms with Gasteiger partial charge < -0.3 is 14.2 Å². The monoisotopic (exact) mass is 829 g/mol. The quantitative estimate of drug-likeness (QED) is 0.0263. The van der Waals surface area contributed by atoms with Gasteiger partial charge in [-0.05, 0) is 89.9 Å². The molecule has 0 saturated carbocycles. The molecule has 6 heteroatoms. The number of allylic oxidation sites excluding steroid dienone is 6. The summed E-state index contributed by atoms with van der Waals surface area (Å²) < 4.78 is 16.8. The molecule has 0 spiro atoms. The molecule has 0 fully saturated rings. The topological polar surface area (TPSA) is 78.9 Å². The number of rotatable bonds is 46. The van der Waals surface area contributed by atoms with Crippen LogP contribution < -0.4 is 0 Å². The lowest BCUT2D eigenvalue weighted by Crippen LogP contribution is -2.30. The molecule has 0 aliphatic carbocycles. The molecule has 0 aliphatic rings. The molecule has 1 atom stereocenters. The predicted molar refractivity (Wildman–Crippen MR) is 252 cm³/mol. The van der Waals surface area contributed by atoms with Crippen molar-refractivity contribution in [1.82, 2.24) is 0 Å². The van der Waals surface area contributed by atoms with E-state index in [-0.39, 0.29) is 31.1 Å². The van der Waals surface area contributed by atoms with E-state index < -0.39 is 6.10 Å². The molecule has 0 N–H and O–H groups in total. The van der Waals surface area contributed by atoms with Crippen LogP contribution in [0.15, 0.2) is 36.5 Å². The minimum atomic E-state index is -0.778. The minimum absolute atomic E-state index is 0.0791. The van der Waals surface area contributed by atoms with E-state index in [9.17, 15) is 14.4 Å². The second-order valence-corrected chi connectivity index (χ2v) is 17.1. The van der Waals surface area contributed by atoms with E-state index >= 15 is 0 Å². The first-order valence-corrected chi connectivity index (χ1v) is 25.5. The first-order chi connectivity index (χ1) is 29.0. The average Bonchev–Trinajstić information content (AvgIpc) is 3.23. The molecule has 0 aromatic carbocycles. The Morgan fingerprint density at radius 3 is 0.915 bits per heavy atom. The van der Waals surface area contributed by atoms with Crippen LogP contribution >= 0.6 is 0 Å². The Kier molecular flexibility index (Phi) is 46.4. The summed E-state index contributed by atoms with van der Waals surface area (Å²) in [6, 6.07) is 0. The summed E-state index contributed by atoms with van der Waals surface area (Å²) in [5.41, 5.74) is 0. The number of hydrogen-bond donors (Lipinski definition) is 0. The zero-order valence-electron chi connectivity index (χ0n) is 39.3. The highest BCUT2D eigenvalue weighted by molar-refractivity contribution is 5.71. The Labute approximate surface area is 365 Å². The van der Waals surface area contributed by atoms with E-state index in [1.54, 1.807) is 0 Å². The van der Waals surface area contributed by atoms with Crippen molar-refractivity contribution in [2.24, 2.45) is 0 Å². The molecule has 6 nitrogen and oxygen atoms in total. The van der Waals surface area contributed by atoms with E-state index in [0.29, 0.717) is 19.3 Å². The van der Waals surface area contributed by atoms with Gasteiger partial charge in [-0.2, -0.15) is 0 Å². The Balaban J connectivity index is 4.34. The largest absolute Gasteiger partial charge is 0.462 e. The second kappa shape index (κ2) is 48.3. The molecule has 0 heterocycles. The normalized spacial score (nSPS) is 12.3. The first-order valence-electron chi connectivity index (χ1n) is 25.5. The highest BCUT2D eigenvalue weighted by Gasteiger charge is 2.19. The fourth-order valence-corrected chi connectivity index (χ4v) is 7.18. The van der Waals surface area contributed by atoms with Crippen LogP contribution in [0.5, 0.6) is 0 Å². The van der Waals surface area contributed by atoms with Crippen LogP contribution in [0.1, 0.15) is 265 Å². The summed E-state index contributed by atoms with van der Waals surface area (Å²) in [6.45, 7) is 6.57. The van der Waals surface area contributed by atoms with Crippen LogP contribution in [-0.4, -0.2) is 37.2 Å². The zero-order valence-corrected chi connectivity index (χ0v) is 39.3. The average molecular weight is 829 g/mol. The molecule has 0 aromatic heterocycles. The molecule has 0 saturated heterocycles. The van der Waals surface area contributed by atoms with Crippen molar-refractivity contribution in [2.45, 2.75) is 271 Å². The predicted octanol–water partition coefficient (Wildman–Crippen LogP) is 16.5. The van der Waals surface area contributed by atoms with Crippen molar-refractivity contribution >= 4 is 17.9 Å². The van der Waals surface area contributed by atoms with Crippen LogP contribution in [0.3, 0.4) is 0 Å². The number of unbranched alkanes of at least 4 members (excludes halogenated alkanes) is 29. The van der Waals surface area contributed by atoms with Gasteiger partial charge in [-0.15, -0.1) is 0 Å². The van der Waals surface area contributed by atoms with E-state index in [1.807, 2.05) is 0 Å². The molecular weight excluding hydrogens is 733 g/mol. The van der Waals surface area contributed by atoms with E-state index in [1.165, 1.54) is 148 Å². The number of carbonyl (C=O) groups is 3. The van der Waals surface area contributed by atoms with Gasteiger partial charge in [-0.1, -0.05) is 192 Å². The maximum absolute atomic E-state index is 12.7. The number of hydrogen-bond acceptors (Lipinski definition) is 6. The van der Waals surface area contributed by atoms with Gasteiger partial charge in [-0.25, -0.2) is 0 Å². The van der Waals surface area contributed by atoms with E-state index in [2.05, 4.69) is 57.2 Å². The highest BCUT2D eigenvalue weighted by Crippen LogP contribution is 2.14. The highest BCUT2D eigenvalue weighted by atomic mass is 16.6. The van der Waals surface area contributed by atoms with Crippen molar-refractivity contribution in [2.75, 3.05) is 13.2 Å². The summed E-state index contributed by atoms with van der Waals surface area (Å²) >= 11 is 0. The van der Waals surface area contributed by atoms with Crippen LogP contribution in [0.4, 0.5) is 0 Å². The molecule has 59 heavy (non-hydrogen) atoms. The van der Waals surface area contributed by atoms with Gasteiger partial charge in [-0.3, -0.25) is 14.4 Å². The van der Waals surface area contributed by atoms with Gasteiger partial charge >= 0.3 is 17.9 Å². The van der Waals surface area contributed by atoms with Crippen molar-refractivity contribution in [3.05, 3.63) is 36.5 Å². The fourth-order valence-electron chi connectivity index (χ4n) is 7.18. The van der Waals surface area contributed by atoms with Gasteiger partial charge in [0.25, 0.3) is 0 Å². The molecule has 0 unspecified atom stereocenters. The van der Waals surface area contributed by atoms with E-state index in [4.69, 9.17) is 14.2 Å². The van der Waals surface area contributed by atoms with Crippen LogP contribution in [0.2, 0.25) is 0 Å². The maximum atomic E-state index is 12.7. The summed E-state index contributed by atoms with van der Waals surface area (Å²) in [7, 11) is 0. The summed E-state index contributed by atoms with van der Waals surface area (Å²) in [6.07, 6.45) is 55.5. The number of ether oxygens (including phenoxy) is 3. The zero-order chi connectivity index (χ0) is 43.0. The first kappa shape index (κ1) is 56.6. The smallest absolute Gasteiger partial charge is 0.306 e. The number of esters is 3. The lowest BCUT2D eigenvalue weighted by molar-refractivity contribution is -0.167. The SMILES string of the molecule is CCCC/C=C\CCCCCCCC(=O)O[C@@H](COC(=O)CCCCCCC/C=C\CCCCCC)COC(=O)CCCCCCCCC/C=C\CCCCCCCC. The maximum Gasteiger partial charge on any atom is 0.306 e. The molecule has 0 bridgehead atoms. The van der Waals surface area contributed by atoms with Crippen molar-refractivity contribution in [3.8, 4) is 0 Å². The third-order valence-corrected chi connectivity index (χ3v) is 11.1. The molecule has 0 amide bonds. The van der Waals surface area contributed by atoms with E-state index in [0.717, 1.165) is 77.0 Å². The number of carbonyl (C=O) groups excluding carboxylic acids is 3. The van der Waals surface area contributed by atoms with Gasteiger partial charge in [0.2, 0.25) is 0 Å². The summed E-state index contributed by atoms with van der Waals surface area (Å²) in [4.78, 5) is 37.9. The van der Waals surface area contributed by atoms with Gasteiger partial charge in [0.15, 0.2) is 6.10 Å². The fraction of sp³-hybridized carbons (Fsp3) is 0.830. The minimum Gasteiger partial charge on any atom is -0.462 e. The summed E-state index contributed by atoms with van der Waals surface area (Å²) in [5, 5.41) is 0. The van der Waals surface area contributed by atoms with Crippen molar-refractivity contribution in [3.63, 3.8) is 0 Å². The molecule has 0 radical (unpaired) electrons. The Hall–Kier alpha value is -2.37. The Morgan fingerprint density at radius 2 is 0.576 bits per heavy atom. The van der Waals surface area contributed by atoms with Gasteiger partial charge in [0.1, 0.15) is 13.2 Å². The van der Waals surface area contributed by atoms with Crippen LogP contribution in [0, 0.1) is 0 Å². The lowest BCUT2D eigenvalue weighted by atomic mass is 10.1. The van der Waals surface area contributed by atoms with Gasteiger partial charge in [0.05, 0.1) is 0 Å². The third-order valence-electron chi connectivity index (χ3n) is 11.1. The Bertz CT molecular complexity index is 1000. The molecule has 0 aromatic rings. The molecule has 344 valence electrons. The third kappa shape index (κ3) is 46.5. The van der Waals surface area contributed by atoms with Gasteiger partial charge in [0, 0.05) is 19.3 Å². The van der Waals surface area contributed by atoms with Crippen molar-refractivity contribution in [1.29, 1.82) is 0 Å². The van der Waals surface area contributed by atoms with Crippen LogP contribution in [-0.2, 0) is 28.6 Å². The Morgan fingerprint density at radius 1 is 0.322 bits per heavy atom. The molecular formula is C53H96O6. The standard InChI is InChI=1S/C53H96O6/c1-4-7-10-13-16-19-22-24-25-26-27-29-32-34-37-40-43-46-52(55)58-49-50(59-53(56)47-44-41-38-35-30-21-18-15-12-9-6-3)48-57-51(54)45-42-39-36-33-31-28-23-20-17-14-11-8-5-2/h15,18,20,23-25,50H,4-14,16-17,19,21-22,26-49H2,1-3H3/b18-15-,23-20-,25-24-/t50-/m0/s1. The molecule has 0 aliphatic heterocycles. The molecule has 0 rings (SSSR count). The lowest BCUT2D eigenvalue weighted by Gasteiger charge is -2.18. The van der Waals surface area contributed by atoms with Crippen LogP contribution in [0.25, 0.3) is 0 Å². The van der Waals surface area contributed by atoms with Crippen molar-refractivity contribution < 1.29 is 28.6 Å².